The van der Waals surface area contributed by atoms with E-state index in [2.05, 4.69) is 4.98 Å². The molecule has 0 bridgehead atoms. The van der Waals surface area contributed by atoms with E-state index >= 15 is 0 Å². The summed E-state index contributed by atoms with van der Waals surface area (Å²) in [7, 11) is 0. The zero-order valence-electron chi connectivity index (χ0n) is 12.9. The summed E-state index contributed by atoms with van der Waals surface area (Å²) in [6.45, 7) is 2.70. The lowest BCUT2D eigenvalue weighted by molar-refractivity contribution is 0.0689. The van der Waals surface area contributed by atoms with Gasteiger partial charge in [-0.3, -0.25) is 4.79 Å². The average Bonchev–Trinajstić information content (AvgIpc) is 3.04. The summed E-state index contributed by atoms with van der Waals surface area (Å²) in [6, 6.07) is 12.6. The highest BCUT2D eigenvalue weighted by atomic mass is 16.4. The highest BCUT2D eigenvalue weighted by Gasteiger charge is 2.32. The summed E-state index contributed by atoms with van der Waals surface area (Å²) in [5.74, 6) is -1.34. The maximum absolute atomic E-state index is 12.8. The fourth-order valence-electron chi connectivity index (χ4n) is 3.11. The smallest absolute Gasteiger partial charge is 0.354 e. The predicted molar refractivity (Wildman–Crippen MR) is 85.4 cm³/mol. The molecule has 1 fully saturated rings. The number of rotatable bonds is 3. The molecular weight excluding hydrogens is 292 g/mol. The zero-order valence-corrected chi connectivity index (χ0v) is 12.9. The van der Waals surface area contributed by atoms with E-state index in [1.807, 2.05) is 31.2 Å². The van der Waals surface area contributed by atoms with Crippen LogP contribution in [0.3, 0.4) is 0 Å². The van der Waals surface area contributed by atoms with Crippen molar-refractivity contribution in [2.75, 3.05) is 6.54 Å². The van der Waals surface area contributed by atoms with Gasteiger partial charge in [0.1, 0.15) is 11.4 Å². The largest absolute Gasteiger partial charge is 0.477 e. The highest BCUT2D eigenvalue weighted by Crippen LogP contribution is 2.34. The number of benzene rings is 1. The van der Waals surface area contributed by atoms with Crippen molar-refractivity contribution in [3.05, 3.63) is 65.0 Å². The second-order valence-electron chi connectivity index (χ2n) is 5.73. The minimum atomic E-state index is -1.13. The van der Waals surface area contributed by atoms with E-state index < -0.39 is 5.97 Å². The number of hydrogen-bond acceptors (Lipinski definition) is 3. The molecule has 0 aliphatic carbocycles. The molecule has 1 saturated heterocycles. The van der Waals surface area contributed by atoms with Crippen molar-refractivity contribution in [3.63, 3.8) is 0 Å². The monoisotopic (exact) mass is 310 g/mol. The van der Waals surface area contributed by atoms with Crippen LogP contribution < -0.4 is 0 Å². The van der Waals surface area contributed by atoms with Crippen LogP contribution >= 0.6 is 0 Å². The third-order valence-corrected chi connectivity index (χ3v) is 4.25. The Kier molecular flexibility index (Phi) is 4.10. The topological polar surface area (TPSA) is 70.5 Å². The summed E-state index contributed by atoms with van der Waals surface area (Å²) in [5, 5.41) is 9.04. The molecule has 1 aliphatic rings. The summed E-state index contributed by atoms with van der Waals surface area (Å²) < 4.78 is 0. The molecule has 1 aliphatic heterocycles. The number of aryl methyl sites for hydroxylation is 1. The molecule has 1 aromatic heterocycles. The zero-order chi connectivity index (χ0) is 16.4. The van der Waals surface area contributed by atoms with E-state index in [1.54, 1.807) is 17.0 Å². The van der Waals surface area contributed by atoms with Crippen molar-refractivity contribution < 1.29 is 14.7 Å². The first-order valence-electron chi connectivity index (χ1n) is 7.65. The summed E-state index contributed by atoms with van der Waals surface area (Å²) in [6.07, 6.45) is 1.85. The van der Waals surface area contributed by atoms with Gasteiger partial charge < -0.3 is 10.0 Å². The normalized spacial score (nSPS) is 17.3. The van der Waals surface area contributed by atoms with E-state index in [0.717, 1.165) is 24.0 Å². The third-order valence-electron chi connectivity index (χ3n) is 4.25. The molecule has 1 unspecified atom stereocenters. The van der Waals surface area contributed by atoms with Crippen LogP contribution in [0.25, 0.3) is 0 Å². The number of carboxylic acids is 1. The molecule has 0 saturated carbocycles. The van der Waals surface area contributed by atoms with Crippen LogP contribution in [0.5, 0.6) is 0 Å². The van der Waals surface area contributed by atoms with Gasteiger partial charge in [-0.25, -0.2) is 9.78 Å². The fraction of sp³-hybridized carbons (Fsp3) is 0.278. The Morgan fingerprint density at radius 3 is 2.61 bits per heavy atom. The Balaban J connectivity index is 1.91. The van der Waals surface area contributed by atoms with Crippen molar-refractivity contribution in [2.45, 2.75) is 25.8 Å². The Labute approximate surface area is 134 Å². The van der Waals surface area contributed by atoms with Gasteiger partial charge in [0.15, 0.2) is 0 Å². The maximum atomic E-state index is 12.8. The molecule has 2 heterocycles. The second kappa shape index (κ2) is 6.20. The van der Waals surface area contributed by atoms with Crippen LogP contribution in [0.4, 0.5) is 0 Å². The minimum absolute atomic E-state index is 0.0268. The van der Waals surface area contributed by atoms with Gasteiger partial charge in [0.2, 0.25) is 0 Å². The number of carbonyl (C=O) groups excluding carboxylic acids is 1. The number of likely N-dealkylation sites (tertiary alicyclic amines) is 1. The number of carbonyl (C=O) groups is 2. The van der Waals surface area contributed by atoms with Crippen molar-refractivity contribution >= 4 is 11.9 Å². The van der Waals surface area contributed by atoms with Crippen LogP contribution in [0.2, 0.25) is 0 Å². The summed E-state index contributed by atoms with van der Waals surface area (Å²) in [4.78, 5) is 29.6. The van der Waals surface area contributed by atoms with Crippen LogP contribution in [0.1, 0.15) is 51.0 Å². The average molecular weight is 310 g/mol. The molecule has 1 aromatic carbocycles. The number of aromatic carboxylic acids is 1. The number of aromatic nitrogens is 1. The number of hydrogen-bond donors (Lipinski definition) is 1. The van der Waals surface area contributed by atoms with Gasteiger partial charge >= 0.3 is 5.97 Å². The quantitative estimate of drug-likeness (QED) is 0.946. The molecule has 0 radical (unpaired) electrons. The van der Waals surface area contributed by atoms with Gasteiger partial charge in [-0.15, -0.1) is 0 Å². The molecule has 23 heavy (non-hydrogen) atoms. The molecule has 1 atom stereocenters. The van der Waals surface area contributed by atoms with Crippen molar-refractivity contribution in [2.24, 2.45) is 0 Å². The Hall–Kier alpha value is -2.69. The van der Waals surface area contributed by atoms with Crippen LogP contribution in [0.15, 0.2) is 42.5 Å². The number of nitrogens with zero attached hydrogens (tertiary/aromatic N) is 2. The fourth-order valence-corrected chi connectivity index (χ4v) is 3.11. The number of amides is 1. The predicted octanol–water partition coefficient (Wildman–Crippen LogP) is 3.07. The SMILES string of the molecule is Cc1ccccc1C1CCCN1C(=O)c1cccc(C(=O)O)n1. The van der Waals surface area contributed by atoms with E-state index in [-0.39, 0.29) is 23.3 Å². The second-order valence-corrected chi connectivity index (χ2v) is 5.73. The molecule has 1 N–H and O–H groups in total. The lowest BCUT2D eigenvalue weighted by Crippen LogP contribution is -2.31. The van der Waals surface area contributed by atoms with E-state index in [4.69, 9.17) is 5.11 Å². The van der Waals surface area contributed by atoms with E-state index in [1.165, 1.54) is 6.07 Å². The lowest BCUT2D eigenvalue weighted by atomic mass is 9.99. The van der Waals surface area contributed by atoms with E-state index in [9.17, 15) is 9.59 Å². The van der Waals surface area contributed by atoms with Crippen molar-refractivity contribution in [1.82, 2.24) is 9.88 Å². The molecule has 5 nitrogen and oxygen atoms in total. The molecule has 1 amide bonds. The van der Waals surface area contributed by atoms with Gasteiger partial charge in [-0.1, -0.05) is 30.3 Å². The number of carboxylic acid groups (broad SMARTS) is 1. The Morgan fingerprint density at radius 2 is 1.87 bits per heavy atom. The Bertz CT molecular complexity index is 757. The molecular formula is C18H18N2O3. The molecule has 3 rings (SSSR count). The highest BCUT2D eigenvalue weighted by molar-refractivity contribution is 5.94. The van der Waals surface area contributed by atoms with Crippen molar-refractivity contribution in [1.29, 1.82) is 0 Å². The van der Waals surface area contributed by atoms with E-state index in [0.29, 0.717) is 6.54 Å². The van der Waals surface area contributed by atoms with Gasteiger partial charge in [-0.05, 0) is 43.0 Å². The number of pyridine rings is 1. The maximum Gasteiger partial charge on any atom is 0.354 e. The summed E-state index contributed by atoms with van der Waals surface area (Å²) >= 11 is 0. The lowest BCUT2D eigenvalue weighted by Gasteiger charge is -2.26. The first kappa shape index (κ1) is 15.2. The van der Waals surface area contributed by atoms with Gasteiger partial charge in [0.05, 0.1) is 6.04 Å². The molecule has 2 aromatic rings. The van der Waals surface area contributed by atoms with Gasteiger partial charge in [0, 0.05) is 6.54 Å². The Morgan fingerprint density at radius 1 is 1.13 bits per heavy atom. The van der Waals surface area contributed by atoms with Gasteiger partial charge in [0.25, 0.3) is 5.91 Å². The first-order valence-corrected chi connectivity index (χ1v) is 7.65. The van der Waals surface area contributed by atoms with Gasteiger partial charge in [-0.2, -0.15) is 0 Å². The standard InChI is InChI=1S/C18H18N2O3/c1-12-6-2-3-7-13(12)16-10-5-11-20(16)17(21)14-8-4-9-15(19-14)18(22)23/h2-4,6-9,16H,5,10-11H2,1H3,(H,22,23). The molecule has 5 heteroatoms. The molecule has 0 spiro atoms. The van der Waals surface area contributed by atoms with Crippen molar-refractivity contribution in [3.8, 4) is 0 Å². The first-order chi connectivity index (χ1) is 11.1. The summed E-state index contributed by atoms with van der Waals surface area (Å²) in [5.41, 5.74) is 2.38. The third kappa shape index (κ3) is 2.95. The minimum Gasteiger partial charge on any atom is -0.477 e. The van der Waals surface area contributed by atoms with Crippen LogP contribution in [-0.4, -0.2) is 33.4 Å². The van der Waals surface area contributed by atoms with Crippen LogP contribution in [-0.2, 0) is 0 Å². The molecule has 118 valence electrons. The van der Waals surface area contributed by atoms with Crippen LogP contribution in [0, 0.1) is 6.92 Å².